The van der Waals surface area contributed by atoms with Crippen LogP contribution in [0.1, 0.15) is 72.6 Å². The summed E-state index contributed by atoms with van der Waals surface area (Å²) in [6, 6.07) is 0. The number of hydrogen-bond acceptors (Lipinski definition) is 3. The number of nitrogens with zero attached hydrogens (tertiary/aromatic N) is 1. The molecule has 3 aliphatic rings. The van der Waals surface area contributed by atoms with Gasteiger partial charge in [-0.25, -0.2) is 0 Å². The van der Waals surface area contributed by atoms with E-state index in [1.165, 1.54) is 44.9 Å². The molecule has 3 unspecified atom stereocenters. The number of hydrogen-bond donors (Lipinski definition) is 0. The van der Waals surface area contributed by atoms with Gasteiger partial charge in [0.05, 0.1) is 0 Å². The topological polar surface area (TPSA) is 21.7 Å². The number of fused-ring (bicyclic) bond motifs is 2. The van der Waals surface area contributed by atoms with Gasteiger partial charge in [0.25, 0.3) is 0 Å². The molecule has 2 bridgehead atoms. The molecule has 0 aromatic heterocycles. The zero-order chi connectivity index (χ0) is 16.2. The molecule has 3 nitrogen and oxygen atoms in total. The summed E-state index contributed by atoms with van der Waals surface area (Å²) in [4.78, 5) is 0. The summed E-state index contributed by atoms with van der Waals surface area (Å²) < 4.78 is 15.5. The van der Waals surface area contributed by atoms with E-state index in [1.807, 2.05) is 14.2 Å². The van der Waals surface area contributed by atoms with Crippen LogP contribution in [0.4, 0.5) is 0 Å². The van der Waals surface area contributed by atoms with E-state index in [0.29, 0.717) is 5.54 Å². The second-order valence-corrected chi connectivity index (χ2v) is 12.4. The predicted octanol–water partition coefficient (Wildman–Crippen LogP) is 4.45. The second kappa shape index (κ2) is 5.57. The van der Waals surface area contributed by atoms with Crippen LogP contribution in [-0.4, -0.2) is 38.6 Å². The molecule has 3 fully saturated rings. The Bertz CT molecular complexity index is 403. The standard InChI is InChI=1S/C18H35NO2Si/c1-17(2)10-7-11-18(3,4)19(17)22(20-5,21-6)16-13-14-8-9-15(16)12-14/h14-16H,7-13H2,1-6H3. The van der Waals surface area contributed by atoms with Gasteiger partial charge in [0.1, 0.15) is 0 Å². The van der Waals surface area contributed by atoms with Crippen LogP contribution in [0.25, 0.3) is 0 Å². The van der Waals surface area contributed by atoms with E-state index in [0.717, 1.165) is 11.8 Å². The van der Waals surface area contributed by atoms with Gasteiger partial charge in [0.15, 0.2) is 0 Å². The fourth-order valence-electron chi connectivity index (χ4n) is 6.27. The van der Waals surface area contributed by atoms with Gasteiger partial charge < -0.3 is 8.85 Å². The Labute approximate surface area is 138 Å². The van der Waals surface area contributed by atoms with Crippen LogP contribution in [0.3, 0.4) is 0 Å². The molecule has 0 aromatic carbocycles. The largest absolute Gasteiger partial charge is 0.431 e. The van der Waals surface area contributed by atoms with E-state index in [1.54, 1.807) is 0 Å². The Kier molecular flexibility index (Phi) is 4.29. The van der Waals surface area contributed by atoms with Crippen LogP contribution in [-0.2, 0) is 8.85 Å². The molecule has 2 aliphatic carbocycles. The van der Waals surface area contributed by atoms with Crippen molar-refractivity contribution >= 4 is 8.72 Å². The van der Waals surface area contributed by atoms with Gasteiger partial charge in [0, 0.05) is 30.8 Å². The fourth-order valence-corrected chi connectivity index (χ4v) is 11.2. The van der Waals surface area contributed by atoms with Gasteiger partial charge in [-0.1, -0.05) is 6.42 Å². The van der Waals surface area contributed by atoms with Crippen molar-refractivity contribution in [3.63, 3.8) is 0 Å². The summed E-state index contributed by atoms with van der Waals surface area (Å²) >= 11 is 0. The maximum absolute atomic E-state index is 6.38. The fraction of sp³-hybridized carbons (Fsp3) is 1.00. The van der Waals surface area contributed by atoms with Gasteiger partial charge in [-0.2, -0.15) is 0 Å². The SMILES string of the molecule is CO[Si](OC)(C1CC2CCC1C2)N1C(C)(C)CCCC1(C)C. The lowest BCUT2D eigenvalue weighted by Crippen LogP contribution is -2.74. The van der Waals surface area contributed by atoms with Crippen molar-refractivity contribution in [2.45, 2.75) is 89.3 Å². The molecule has 0 N–H and O–H groups in total. The number of piperidine rings is 1. The van der Waals surface area contributed by atoms with Crippen molar-refractivity contribution in [1.82, 2.24) is 4.57 Å². The lowest BCUT2D eigenvalue weighted by atomic mass is 9.83. The highest BCUT2D eigenvalue weighted by molar-refractivity contribution is 6.66. The van der Waals surface area contributed by atoms with Gasteiger partial charge in [-0.05, 0) is 78.1 Å². The van der Waals surface area contributed by atoms with Crippen LogP contribution in [0.2, 0.25) is 5.54 Å². The van der Waals surface area contributed by atoms with Crippen molar-refractivity contribution in [2.75, 3.05) is 14.2 Å². The second-order valence-electron chi connectivity index (χ2n) is 9.13. The minimum atomic E-state index is -2.40. The molecule has 0 radical (unpaired) electrons. The smallest absolute Gasteiger partial charge is 0.386 e. The lowest BCUT2D eigenvalue weighted by Gasteiger charge is -2.60. The first-order valence-corrected chi connectivity index (χ1v) is 11.0. The summed E-state index contributed by atoms with van der Waals surface area (Å²) in [6.07, 6.45) is 9.39. The zero-order valence-corrected chi connectivity index (χ0v) is 16.4. The highest BCUT2D eigenvalue weighted by Crippen LogP contribution is 2.58. The van der Waals surface area contributed by atoms with E-state index in [-0.39, 0.29) is 11.1 Å². The molecular weight excluding hydrogens is 290 g/mol. The molecule has 0 spiro atoms. The van der Waals surface area contributed by atoms with Crippen molar-refractivity contribution in [1.29, 1.82) is 0 Å². The molecule has 1 aliphatic heterocycles. The monoisotopic (exact) mass is 325 g/mol. The van der Waals surface area contributed by atoms with Crippen LogP contribution in [0.15, 0.2) is 0 Å². The Balaban J connectivity index is 2.01. The molecule has 4 heteroatoms. The van der Waals surface area contributed by atoms with E-state index >= 15 is 0 Å². The molecule has 0 amide bonds. The highest BCUT2D eigenvalue weighted by Gasteiger charge is 2.64. The molecule has 22 heavy (non-hydrogen) atoms. The van der Waals surface area contributed by atoms with E-state index < -0.39 is 8.72 Å². The quantitative estimate of drug-likeness (QED) is 0.713. The minimum Gasteiger partial charge on any atom is -0.386 e. The number of rotatable bonds is 4. The molecular formula is C18H35NO2Si. The van der Waals surface area contributed by atoms with Crippen LogP contribution >= 0.6 is 0 Å². The Hall–Kier alpha value is 0.0969. The normalized spacial score (nSPS) is 37.6. The summed E-state index contributed by atoms with van der Waals surface area (Å²) in [6.45, 7) is 9.61. The van der Waals surface area contributed by atoms with Crippen LogP contribution in [0.5, 0.6) is 0 Å². The Morgan fingerprint density at radius 1 is 0.909 bits per heavy atom. The highest BCUT2D eigenvalue weighted by atomic mass is 28.4. The third kappa shape index (κ3) is 2.41. The van der Waals surface area contributed by atoms with Gasteiger partial charge >= 0.3 is 8.72 Å². The Morgan fingerprint density at radius 2 is 1.50 bits per heavy atom. The maximum atomic E-state index is 6.38. The van der Waals surface area contributed by atoms with Crippen LogP contribution in [0, 0.1) is 11.8 Å². The van der Waals surface area contributed by atoms with E-state index in [4.69, 9.17) is 8.85 Å². The average Bonchev–Trinajstić information content (AvgIpc) is 3.05. The van der Waals surface area contributed by atoms with E-state index in [2.05, 4.69) is 32.3 Å². The molecule has 3 rings (SSSR count). The third-order valence-electron chi connectivity index (χ3n) is 6.89. The molecule has 2 saturated carbocycles. The van der Waals surface area contributed by atoms with Crippen molar-refractivity contribution in [3.8, 4) is 0 Å². The lowest BCUT2D eigenvalue weighted by molar-refractivity contribution is -0.0165. The van der Waals surface area contributed by atoms with Gasteiger partial charge in [-0.3, -0.25) is 4.57 Å². The molecule has 3 atom stereocenters. The molecule has 128 valence electrons. The zero-order valence-electron chi connectivity index (χ0n) is 15.4. The maximum Gasteiger partial charge on any atom is 0.431 e. The first-order valence-electron chi connectivity index (χ1n) is 9.17. The van der Waals surface area contributed by atoms with Crippen LogP contribution < -0.4 is 0 Å². The first-order chi connectivity index (χ1) is 10.3. The summed E-state index contributed by atoms with van der Waals surface area (Å²) in [5.41, 5.74) is 0.988. The third-order valence-corrected chi connectivity index (χ3v) is 11.5. The van der Waals surface area contributed by atoms with E-state index in [9.17, 15) is 0 Å². The predicted molar refractivity (Wildman–Crippen MR) is 92.8 cm³/mol. The molecule has 0 aromatic rings. The molecule has 1 heterocycles. The summed E-state index contributed by atoms with van der Waals surface area (Å²) in [5.74, 6) is 1.77. The Morgan fingerprint density at radius 3 is 1.91 bits per heavy atom. The summed E-state index contributed by atoms with van der Waals surface area (Å²) in [5, 5.41) is 0. The average molecular weight is 326 g/mol. The van der Waals surface area contributed by atoms with Gasteiger partial charge in [0.2, 0.25) is 0 Å². The van der Waals surface area contributed by atoms with Crippen molar-refractivity contribution in [2.24, 2.45) is 11.8 Å². The summed E-state index contributed by atoms with van der Waals surface area (Å²) in [7, 11) is 1.44. The van der Waals surface area contributed by atoms with Gasteiger partial charge in [-0.15, -0.1) is 0 Å². The van der Waals surface area contributed by atoms with Crippen molar-refractivity contribution < 1.29 is 8.85 Å². The minimum absolute atomic E-state index is 0.168. The van der Waals surface area contributed by atoms with Crippen molar-refractivity contribution in [3.05, 3.63) is 0 Å². The first kappa shape index (κ1) is 16.9. The molecule has 1 saturated heterocycles.